The third-order valence-electron chi connectivity index (χ3n) is 3.57. The number of ether oxygens (including phenoxy) is 2. The maximum Gasteiger partial charge on any atom is 0.248 e. The molecule has 0 spiro atoms. The molecule has 5 nitrogen and oxygen atoms in total. The van der Waals surface area contributed by atoms with Crippen molar-refractivity contribution in [2.45, 2.75) is 19.4 Å². The summed E-state index contributed by atoms with van der Waals surface area (Å²) >= 11 is 0. The van der Waals surface area contributed by atoms with Crippen molar-refractivity contribution in [3.8, 4) is 11.5 Å². The molecule has 1 atom stereocenters. The van der Waals surface area contributed by atoms with Gasteiger partial charge in [-0.2, -0.15) is 0 Å². The van der Waals surface area contributed by atoms with Gasteiger partial charge in [0.05, 0.1) is 13.7 Å². The number of hydrogen-bond donors (Lipinski definition) is 2. The molecule has 2 aromatic rings. The Morgan fingerprint density at radius 2 is 1.87 bits per heavy atom. The molecule has 1 amide bonds. The Balaban J connectivity index is 2.20. The standard InChI is InChI=1S/C18H22N2O3/c1-4-23-15-11-10-14(12-16(15)22-3)20-17(21)18(2,19)13-8-6-5-7-9-13/h5-12H,4,19H2,1-3H3,(H,20,21). The highest BCUT2D eigenvalue weighted by molar-refractivity contribution is 5.98. The van der Waals surface area contributed by atoms with Crippen molar-refractivity contribution in [2.24, 2.45) is 5.73 Å². The lowest BCUT2D eigenvalue weighted by molar-refractivity contribution is -0.120. The van der Waals surface area contributed by atoms with Crippen LogP contribution in [0.4, 0.5) is 5.69 Å². The smallest absolute Gasteiger partial charge is 0.248 e. The SMILES string of the molecule is CCOc1ccc(NC(=O)C(C)(N)c2ccccc2)cc1OC. The van der Waals surface area contributed by atoms with Crippen LogP contribution in [0, 0.1) is 0 Å². The number of carbonyl (C=O) groups excluding carboxylic acids is 1. The molecule has 0 heterocycles. The minimum atomic E-state index is -1.13. The van der Waals surface area contributed by atoms with Gasteiger partial charge in [0.2, 0.25) is 5.91 Å². The van der Waals surface area contributed by atoms with Crippen molar-refractivity contribution in [1.82, 2.24) is 0 Å². The molecule has 0 aliphatic carbocycles. The summed E-state index contributed by atoms with van der Waals surface area (Å²) in [6, 6.07) is 14.5. The third kappa shape index (κ3) is 3.81. The first-order chi connectivity index (χ1) is 11.0. The first-order valence-corrected chi connectivity index (χ1v) is 7.45. The molecule has 0 radical (unpaired) electrons. The van der Waals surface area contributed by atoms with Crippen LogP contribution >= 0.6 is 0 Å². The molecule has 0 fully saturated rings. The van der Waals surface area contributed by atoms with Crippen LogP contribution in [0.5, 0.6) is 11.5 Å². The normalized spacial score (nSPS) is 13.0. The van der Waals surface area contributed by atoms with Gasteiger partial charge in [0.1, 0.15) is 5.54 Å². The Bertz CT molecular complexity index is 669. The Kier molecular flexibility index (Phi) is 5.24. The van der Waals surface area contributed by atoms with Gasteiger partial charge < -0.3 is 20.5 Å². The number of anilines is 1. The lowest BCUT2D eigenvalue weighted by Gasteiger charge is -2.24. The predicted molar refractivity (Wildman–Crippen MR) is 90.8 cm³/mol. The minimum absolute atomic E-state index is 0.296. The van der Waals surface area contributed by atoms with Crippen molar-refractivity contribution in [1.29, 1.82) is 0 Å². The molecule has 3 N–H and O–H groups in total. The summed E-state index contributed by atoms with van der Waals surface area (Å²) in [4.78, 5) is 12.5. The third-order valence-corrected chi connectivity index (χ3v) is 3.57. The molecule has 5 heteroatoms. The number of nitrogens with one attached hydrogen (secondary N) is 1. The average Bonchev–Trinajstić information content (AvgIpc) is 2.57. The van der Waals surface area contributed by atoms with E-state index in [0.717, 1.165) is 5.56 Å². The molecule has 0 saturated heterocycles. The van der Waals surface area contributed by atoms with E-state index in [1.165, 1.54) is 0 Å². The highest BCUT2D eigenvalue weighted by Gasteiger charge is 2.30. The van der Waals surface area contributed by atoms with Crippen molar-refractivity contribution < 1.29 is 14.3 Å². The van der Waals surface area contributed by atoms with Crippen LogP contribution in [-0.4, -0.2) is 19.6 Å². The van der Waals surface area contributed by atoms with Gasteiger partial charge in [-0.1, -0.05) is 30.3 Å². The molecule has 0 aromatic heterocycles. The van der Waals surface area contributed by atoms with Crippen LogP contribution < -0.4 is 20.5 Å². The fraction of sp³-hybridized carbons (Fsp3) is 0.278. The van der Waals surface area contributed by atoms with Crippen LogP contribution in [0.1, 0.15) is 19.4 Å². The number of hydrogen-bond acceptors (Lipinski definition) is 4. The Morgan fingerprint density at radius 1 is 1.17 bits per heavy atom. The predicted octanol–water partition coefficient (Wildman–Crippen LogP) is 2.91. The Hall–Kier alpha value is -2.53. The summed E-state index contributed by atoms with van der Waals surface area (Å²) in [7, 11) is 1.56. The summed E-state index contributed by atoms with van der Waals surface area (Å²) in [5.74, 6) is 0.893. The van der Waals surface area contributed by atoms with Crippen LogP contribution in [0.25, 0.3) is 0 Å². The van der Waals surface area contributed by atoms with Crippen LogP contribution in [-0.2, 0) is 10.3 Å². The van der Waals surface area contributed by atoms with Gasteiger partial charge in [-0.05, 0) is 31.5 Å². The monoisotopic (exact) mass is 314 g/mol. The van der Waals surface area contributed by atoms with E-state index in [9.17, 15) is 4.79 Å². The van der Waals surface area contributed by atoms with Crippen molar-refractivity contribution in [2.75, 3.05) is 19.0 Å². The molecule has 0 aliphatic rings. The fourth-order valence-electron chi connectivity index (χ4n) is 2.20. The van der Waals surface area contributed by atoms with Crippen LogP contribution in [0.2, 0.25) is 0 Å². The lowest BCUT2D eigenvalue weighted by atomic mass is 9.92. The number of nitrogens with two attached hydrogens (primary N) is 1. The number of rotatable bonds is 6. The summed E-state index contributed by atoms with van der Waals surface area (Å²) < 4.78 is 10.7. The second-order valence-corrected chi connectivity index (χ2v) is 5.32. The number of amides is 1. The van der Waals surface area contributed by atoms with Crippen molar-refractivity contribution in [3.63, 3.8) is 0 Å². The number of methoxy groups -OCH3 is 1. The van der Waals surface area contributed by atoms with Crippen LogP contribution in [0.15, 0.2) is 48.5 Å². The molecule has 1 unspecified atom stereocenters. The summed E-state index contributed by atoms with van der Waals surface area (Å²) in [6.07, 6.45) is 0. The first-order valence-electron chi connectivity index (χ1n) is 7.45. The minimum Gasteiger partial charge on any atom is -0.493 e. The number of benzene rings is 2. The van der Waals surface area contributed by atoms with E-state index in [2.05, 4.69) is 5.32 Å². The Labute approximate surface area is 136 Å². The van der Waals surface area contributed by atoms with E-state index < -0.39 is 5.54 Å². The van der Waals surface area contributed by atoms with Gasteiger partial charge in [0.15, 0.2) is 11.5 Å². The van der Waals surface area contributed by atoms with Gasteiger partial charge >= 0.3 is 0 Å². The van der Waals surface area contributed by atoms with Gasteiger partial charge in [0, 0.05) is 11.8 Å². The molecule has 0 bridgehead atoms. The Morgan fingerprint density at radius 3 is 2.48 bits per heavy atom. The second kappa shape index (κ2) is 7.15. The van der Waals surface area contributed by atoms with E-state index in [4.69, 9.17) is 15.2 Å². The largest absolute Gasteiger partial charge is 0.493 e. The number of carbonyl (C=O) groups is 1. The van der Waals surface area contributed by atoms with Crippen molar-refractivity contribution >= 4 is 11.6 Å². The van der Waals surface area contributed by atoms with E-state index in [1.807, 2.05) is 37.3 Å². The first kappa shape index (κ1) is 16.8. The van der Waals surface area contributed by atoms with Crippen molar-refractivity contribution in [3.05, 3.63) is 54.1 Å². The topological polar surface area (TPSA) is 73.6 Å². The van der Waals surface area contributed by atoms with Gasteiger partial charge in [-0.3, -0.25) is 4.79 Å². The summed E-state index contributed by atoms with van der Waals surface area (Å²) in [6.45, 7) is 4.12. The molecular weight excluding hydrogens is 292 g/mol. The molecular formula is C18H22N2O3. The summed E-state index contributed by atoms with van der Waals surface area (Å²) in [5, 5.41) is 2.83. The highest BCUT2D eigenvalue weighted by atomic mass is 16.5. The molecule has 2 aromatic carbocycles. The molecule has 122 valence electrons. The van der Waals surface area contributed by atoms with Gasteiger partial charge in [-0.25, -0.2) is 0 Å². The van der Waals surface area contributed by atoms with E-state index in [-0.39, 0.29) is 5.91 Å². The van der Waals surface area contributed by atoms with E-state index in [0.29, 0.717) is 23.8 Å². The quantitative estimate of drug-likeness (QED) is 0.860. The highest BCUT2D eigenvalue weighted by Crippen LogP contribution is 2.31. The zero-order valence-corrected chi connectivity index (χ0v) is 13.6. The van der Waals surface area contributed by atoms with Gasteiger partial charge in [-0.15, -0.1) is 0 Å². The maximum absolute atomic E-state index is 12.5. The van der Waals surface area contributed by atoms with Crippen LogP contribution in [0.3, 0.4) is 0 Å². The van der Waals surface area contributed by atoms with Gasteiger partial charge in [0.25, 0.3) is 0 Å². The lowest BCUT2D eigenvalue weighted by Crippen LogP contribution is -2.45. The molecule has 0 aliphatic heterocycles. The van der Waals surface area contributed by atoms with E-state index >= 15 is 0 Å². The maximum atomic E-state index is 12.5. The van der Waals surface area contributed by atoms with E-state index in [1.54, 1.807) is 32.2 Å². The molecule has 2 rings (SSSR count). The fourth-order valence-corrected chi connectivity index (χ4v) is 2.20. The molecule has 23 heavy (non-hydrogen) atoms. The average molecular weight is 314 g/mol. The second-order valence-electron chi connectivity index (χ2n) is 5.32. The molecule has 0 saturated carbocycles. The summed E-state index contributed by atoms with van der Waals surface area (Å²) in [5.41, 5.74) is 6.42. The zero-order chi connectivity index (χ0) is 16.9. The zero-order valence-electron chi connectivity index (χ0n) is 13.6.